The Bertz CT molecular complexity index is 1340. The van der Waals surface area contributed by atoms with Gasteiger partial charge >= 0.3 is 0 Å². The monoisotopic (exact) mass is 535 g/mol. The molecule has 0 fully saturated rings. The normalized spacial score (nSPS) is 12.2. The number of carbonyl (C=O) groups is 2. The average molecular weight is 536 g/mol. The van der Waals surface area contributed by atoms with E-state index < -0.39 is 28.5 Å². The minimum Gasteiger partial charge on any atom is -0.352 e. The lowest BCUT2D eigenvalue weighted by molar-refractivity contribution is -0.139. The van der Waals surface area contributed by atoms with Gasteiger partial charge in [0.15, 0.2) is 0 Å². The van der Waals surface area contributed by atoms with Gasteiger partial charge in [-0.2, -0.15) is 0 Å². The maximum absolute atomic E-state index is 13.9. The summed E-state index contributed by atoms with van der Waals surface area (Å²) < 4.78 is 28.9. The van der Waals surface area contributed by atoms with Crippen LogP contribution < -0.4 is 9.62 Å². The van der Waals surface area contributed by atoms with Crippen LogP contribution >= 0.6 is 0 Å². The molecule has 0 unspecified atom stereocenters. The minimum atomic E-state index is -4.07. The van der Waals surface area contributed by atoms with Gasteiger partial charge in [0.2, 0.25) is 11.8 Å². The van der Waals surface area contributed by atoms with E-state index in [2.05, 4.69) is 5.32 Å². The number of anilines is 1. The number of nitrogens with one attached hydrogen (secondary N) is 1. The van der Waals surface area contributed by atoms with Crippen molar-refractivity contribution < 1.29 is 18.0 Å². The number of nitrogens with zero attached hydrogens (tertiary/aromatic N) is 2. The zero-order valence-electron chi connectivity index (χ0n) is 22.7. The number of sulfonamides is 1. The molecular formula is C30H37N3O4S. The lowest BCUT2D eigenvalue weighted by Gasteiger charge is -2.32. The number of aryl methyl sites for hydroxylation is 2. The zero-order valence-corrected chi connectivity index (χ0v) is 23.5. The Kier molecular flexibility index (Phi) is 9.69. The Morgan fingerprint density at radius 1 is 0.868 bits per heavy atom. The van der Waals surface area contributed by atoms with Crippen LogP contribution in [0.3, 0.4) is 0 Å². The molecule has 2 amide bonds. The Hall–Kier alpha value is -3.65. The maximum Gasteiger partial charge on any atom is 0.264 e. The summed E-state index contributed by atoms with van der Waals surface area (Å²) in [5.41, 5.74) is 3.05. The van der Waals surface area contributed by atoms with Crippen LogP contribution in [0.25, 0.3) is 0 Å². The molecule has 0 saturated heterocycles. The van der Waals surface area contributed by atoms with Crippen molar-refractivity contribution in [3.05, 3.63) is 95.6 Å². The van der Waals surface area contributed by atoms with Gasteiger partial charge in [0.25, 0.3) is 10.0 Å². The molecule has 7 nitrogen and oxygen atoms in total. The lowest BCUT2D eigenvalue weighted by Crippen LogP contribution is -2.53. The van der Waals surface area contributed by atoms with Gasteiger partial charge in [-0.05, 0) is 75.9 Å². The molecule has 1 N–H and O–H groups in total. The molecule has 38 heavy (non-hydrogen) atoms. The van der Waals surface area contributed by atoms with Gasteiger partial charge in [-0.25, -0.2) is 8.42 Å². The zero-order chi connectivity index (χ0) is 27.9. The maximum atomic E-state index is 13.9. The Morgan fingerprint density at radius 3 is 2.08 bits per heavy atom. The van der Waals surface area contributed by atoms with Crippen molar-refractivity contribution in [3.63, 3.8) is 0 Å². The van der Waals surface area contributed by atoms with Gasteiger partial charge in [-0.1, -0.05) is 60.7 Å². The van der Waals surface area contributed by atoms with Gasteiger partial charge in [0, 0.05) is 12.6 Å². The largest absolute Gasteiger partial charge is 0.352 e. The number of benzene rings is 3. The molecule has 0 aliphatic carbocycles. The molecule has 0 bridgehead atoms. The molecule has 8 heteroatoms. The Balaban J connectivity index is 2.01. The fourth-order valence-electron chi connectivity index (χ4n) is 4.20. The molecule has 0 saturated carbocycles. The highest BCUT2D eigenvalue weighted by Crippen LogP contribution is 2.28. The number of hydrogen-bond donors (Lipinski definition) is 1. The number of carbonyl (C=O) groups excluding carboxylic acids is 2. The summed E-state index contributed by atoms with van der Waals surface area (Å²) in [7, 11) is -4.07. The minimum absolute atomic E-state index is 0.0927. The van der Waals surface area contributed by atoms with Crippen molar-refractivity contribution in [2.75, 3.05) is 17.4 Å². The summed E-state index contributed by atoms with van der Waals surface area (Å²) in [4.78, 5) is 28.4. The summed E-state index contributed by atoms with van der Waals surface area (Å²) >= 11 is 0. The number of rotatable bonds is 11. The first-order valence-electron chi connectivity index (χ1n) is 12.8. The average Bonchev–Trinajstić information content (AvgIpc) is 2.89. The highest BCUT2D eigenvalue weighted by atomic mass is 32.2. The summed E-state index contributed by atoms with van der Waals surface area (Å²) in [6.07, 6.45) is 0.529. The predicted octanol–water partition coefficient (Wildman–Crippen LogP) is 4.48. The van der Waals surface area contributed by atoms with Crippen LogP contribution in [0, 0.1) is 13.8 Å². The van der Waals surface area contributed by atoms with Crippen molar-refractivity contribution in [2.24, 2.45) is 0 Å². The molecule has 0 aliphatic rings. The standard InChI is InChI=1S/C30H37N3O4S/c1-22(2)31-30(35)25(5)32(19-18-26-12-8-6-9-13-26)29(34)21-33(28-20-23(3)16-17-24(28)4)38(36,37)27-14-10-7-11-15-27/h6-17,20,22,25H,18-19,21H2,1-5H3,(H,31,35)/t25-/m1/s1. The SMILES string of the molecule is Cc1ccc(C)c(N(CC(=O)N(CCc2ccccc2)[C@H](C)C(=O)NC(C)C)S(=O)(=O)c2ccccc2)c1. The van der Waals surface area contributed by atoms with Crippen molar-refractivity contribution in [3.8, 4) is 0 Å². The molecule has 3 aromatic rings. The molecule has 0 aliphatic heterocycles. The van der Waals surface area contributed by atoms with Crippen LogP contribution in [0.4, 0.5) is 5.69 Å². The second-order valence-electron chi connectivity index (χ2n) is 9.78. The van der Waals surface area contributed by atoms with Crippen molar-refractivity contribution in [1.29, 1.82) is 0 Å². The molecule has 3 aromatic carbocycles. The predicted molar refractivity (Wildman–Crippen MR) is 151 cm³/mol. The smallest absolute Gasteiger partial charge is 0.264 e. The Morgan fingerprint density at radius 2 is 1.47 bits per heavy atom. The highest BCUT2D eigenvalue weighted by Gasteiger charge is 2.33. The van der Waals surface area contributed by atoms with Crippen molar-refractivity contribution >= 4 is 27.5 Å². The molecule has 0 radical (unpaired) electrons. The van der Waals surface area contributed by atoms with E-state index in [9.17, 15) is 18.0 Å². The van der Waals surface area contributed by atoms with Crippen molar-refractivity contribution in [2.45, 2.75) is 58.0 Å². The first kappa shape index (κ1) is 28.9. The molecule has 0 heterocycles. The molecule has 0 aromatic heterocycles. The van der Waals surface area contributed by atoms with Crippen LogP contribution in [0.2, 0.25) is 0 Å². The van der Waals surface area contributed by atoms with Crippen LogP contribution in [0.15, 0.2) is 83.8 Å². The van der Waals surface area contributed by atoms with Gasteiger partial charge in [-0.15, -0.1) is 0 Å². The van der Waals surface area contributed by atoms with Gasteiger partial charge in [-0.3, -0.25) is 13.9 Å². The summed E-state index contributed by atoms with van der Waals surface area (Å²) in [5, 5.41) is 2.87. The second-order valence-corrected chi connectivity index (χ2v) is 11.6. The summed E-state index contributed by atoms with van der Waals surface area (Å²) in [6.45, 7) is 8.91. The third-order valence-corrected chi connectivity index (χ3v) is 8.10. The third kappa shape index (κ3) is 7.22. The van der Waals surface area contributed by atoms with E-state index in [4.69, 9.17) is 0 Å². The van der Waals surface area contributed by atoms with Crippen molar-refractivity contribution in [1.82, 2.24) is 10.2 Å². The molecular weight excluding hydrogens is 498 g/mol. The van der Waals surface area contributed by atoms with Gasteiger partial charge in [0.1, 0.15) is 12.6 Å². The fraction of sp³-hybridized carbons (Fsp3) is 0.333. The molecule has 1 atom stereocenters. The Labute approximate surface area is 226 Å². The lowest BCUT2D eigenvalue weighted by atomic mass is 10.1. The van der Waals surface area contributed by atoms with E-state index in [1.165, 1.54) is 17.0 Å². The molecule has 0 spiro atoms. The summed E-state index contributed by atoms with van der Waals surface area (Å²) in [6, 6.07) is 22.4. The summed E-state index contributed by atoms with van der Waals surface area (Å²) in [5.74, 6) is -0.738. The first-order valence-corrected chi connectivity index (χ1v) is 14.2. The molecule has 3 rings (SSSR count). The number of hydrogen-bond acceptors (Lipinski definition) is 4. The third-order valence-electron chi connectivity index (χ3n) is 6.33. The van der Waals surface area contributed by atoms with E-state index in [0.717, 1.165) is 21.0 Å². The van der Waals surface area contributed by atoms with Crippen LogP contribution in [-0.2, 0) is 26.0 Å². The van der Waals surface area contributed by atoms with Gasteiger partial charge < -0.3 is 10.2 Å². The van der Waals surface area contributed by atoms with E-state index in [1.54, 1.807) is 31.2 Å². The van der Waals surface area contributed by atoms with E-state index in [-0.39, 0.29) is 23.4 Å². The quantitative estimate of drug-likeness (QED) is 0.392. The molecule has 202 valence electrons. The number of amides is 2. The van der Waals surface area contributed by atoms with E-state index in [0.29, 0.717) is 12.1 Å². The first-order chi connectivity index (χ1) is 18.0. The van der Waals surface area contributed by atoms with Gasteiger partial charge in [0.05, 0.1) is 10.6 Å². The van der Waals surface area contributed by atoms with Crippen LogP contribution in [0.1, 0.15) is 37.5 Å². The van der Waals surface area contributed by atoms with E-state index >= 15 is 0 Å². The van der Waals surface area contributed by atoms with Crippen LogP contribution in [-0.4, -0.2) is 50.3 Å². The van der Waals surface area contributed by atoms with Crippen LogP contribution in [0.5, 0.6) is 0 Å². The topological polar surface area (TPSA) is 86.8 Å². The second kappa shape index (κ2) is 12.7. The highest BCUT2D eigenvalue weighted by molar-refractivity contribution is 7.92. The fourth-order valence-corrected chi connectivity index (χ4v) is 5.69. The van der Waals surface area contributed by atoms with E-state index in [1.807, 2.05) is 70.2 Å².